The van der Waals surface area contributed by atoms with Gasteiger partial charge in [-0.05, 0) is 48.6 Å². The molecule has 2 aromatic carbocycles. The quantitative estimate of drug-likeness (QED) is 0.402. The van der Waals surface area contributed by atoms with Crippen molar-refractivity contribution in [2.75, 3.05) is 0 Å². The molecular weight excluding hydrogens is 372 g/mol. The number of hydrogen-bond donors (Lipinski definition) is 1. The summed E-state index contributed by atoms with van der Waals surface area (Å²) in [4.78, 5) is 19.5. The Labute approximate surface area is 179 Å². The van der Waals surface area contributed by atoms with Crippen molar-refractivity contribution in [3.63, 3.8) is 0 Å². The second-order valence-corrected chi connectivity index (χ2v) is 7.40. The van der Waals surface area contributed by atoms with E-state index < -0.39 is 5.97 Å². The van der Waals surface area contributed by atoms with Gasteiger partial charge in [0.15, 0.2) is 0 Å². The van der Waals surface area contributed by atoms with Crippen molar-refractivity contribution in [3.05, 3.63) is 89.4 Å². The van der Waals surface area contributed by atoms with Crippen molar-refractivity contribution in [2.45, 2.75) is 41.0 Å². The fourth-order valence-electron chi connectivity index (χ4n) is 3.18. The molecule has 0 spiro atoms. The van der Waals surface area contributed by atoms with Crippen LogP contribution < -0.4 is 0 Å². The lowest BCUT2D eigenvalue weighted by Gasteiger charge is -2.10. The fourth-order valence-corrected chi connectivity index (χ4v) is 3.18. The molecule has 156 valence electrons. The molecule has 0 amide bonds. The zero-order valence-electron chi connectivity index (χ0n) is 18.4. The molecule has 1 N–H and O–H groups in total. The van der Waals surface area contributed by atoms with Crippen LogP contribution in [-0.2, 0) is 11.2 Å². The summed E-state index contributed by atoms with van der Waals surface area (Å²) in [5.74, 6) is -0.867. The minimum Gasteiger partial charge on any atom is -0.478 e. The van der Waals surface area contributed by atoms with Gasteiger partial charge in [0.1, 0.15) is 0 Å². The molecule has 3 rings (SSSR count). The van der Waals surface area contributed by atoms with E-state index in [2.05, 4.69) is 59.4 Å². The number of aliphatic carboxylic acids is 1. The van der Waals surface area contributed by atoms with Crippen LogP contribution >= 0.6 is 0 Å². The van der Waals surface area contributed by atoms with Gasteiger partial charge in [0.25, 0.3) is 0 Å². The molecule has 0 radical (unpaired) electrons. The number of nitrogens with zero attached hydrogens (tertiary/aromatic N) is 2. The smallest absolute Gasteiger partial charge is 0.333 e. The summed E-state index contributed by atoms with van der Waals surface area (Å²) in [5.41, 5.74) is 3.99. The number of rotatable bonds is 5. The highest BCUT2D eigenvalue weighted by molar-refractivity contribution is 5.99. The zero-order chi connectivity index (χ0) is 22.1. The van der Waals surface area contributed by atoms with Gasteiger partial charge in [0.2, 0.25) is 0 Å². The first-order chi connectivity index (χ1) is 14.3. The van der Waals surface area contributed by atoms with Gasteiger partial charge in [-0.25, -0.2) is 4.79 Å². The van der Waals surface area contributed by atoms with Crippen molar-refractivity contribution in [3.8, 4) is 0 Å². The molecule has 4 nitrogen and oxygen atoms in total. The Morgan fingerprint density at radius 1 is 1.03 bits per heavy atom. The minimum atomic E-state index is -0.929. The van der Waals surface area contributed by atoms with Crippen LogP contribution in [0.25, 0.3) is 10.8 Å². The highest BCUT2D eigenvalue weighted by Crippen LogP contribution is 2.19. The van der Waals surface area contributed by atoms with E-state index in [1.807, 2.05) is 32.9 Å². The van der Waals surface area contributed by atoms with Gasteiger partial charge in [0, 0.05) is 23.7 Å². The van der Waals surface area contributed by atoms with Crippen molar-refractivity contribution in [1.29, 1.82) is 0 Å². The Balaban J connectivity index is 0.000000230. The lowest BCUT2D eigenvalue weighted by molar-refractivity contribution is -0.132. The molecule has 0 aliphatic rings. The first kappa shape index (κ1) is 23.0. The number of benzene rings is 2. The molecule has 0 atom stereocenters. The van der Waals surface area contributed by atoms with Gasteiger partial charge in [-0.1, -0.05) is 69.3 Å². The van der Waals surface area contributed by atoms with Gasteiger partial charge >= 0.3 is 5.97 Å². The van der Waals surface area contributed by atoms with E-state index in [-0.39, 0.29) is 11.5 Å². The van der Waals surface area contributed by atoms with E-state index in [0.717, 1.165) is 17.7 Å². The summed E-state index contributed by atoms with van der Waals surface area (Å²) in [7, 11) is 0. The number of fused-ring (bicyclic) bond motifs is 1. The molecule has 0 aliphatic heterocycles. The number of aromatic nitrogens is 1. The van der Waals surface area contributed by atoms with Crippen LogP contribution in [0.1, 0.15) is 45.7 Å². The summed E-state index contributed by atoms with van der Waals surface area (Å²) < 4.78 is 0. The highest BCUT2D eigenvalue weighted by atomic mass is 16.4. The van der Waals surface area contributed by atoms with Crippen molar-refractivity contribution >= 4 is 22.5 Å². The standard InChI is InChI=1S/C14H18N2O2.C12H12/c1-9(2)13(10(3)14(17)18)16-11(4)12-6-5-7-15-8-12;1-2-10-7-5-8-11-6-3-4-9-12(10)11/h5-9H,1-4H3,(H,17,18);3-9H,2H2,1H3/b13-10+,16-11?;. The summed E-state index contributed by atoms with van der Waals surface area (Å²) in [6.07, 6.45) is 4.52. The average molecular weight is 403 g/mol. The number of carbonyl (C=O) groups is 1. The predicted molar refractivity (Wildman–Crippen MR) is 125 cm³/mol. The molecule has 3 aromatic rings. The maximum Gasteiger partial charge on any atom is 0.333 e. The van der Waals surface area contributed by atoms with Crippen LogP contribution in [0.2, 0.25) is 0 Å². The molecular formula is C26H30N2O2. The monoisotopic (exact) mass is 402 g/mol. The van der Waals surface area contributed by atoms with Crippen molar-refractivity contribution in [2.24, 2.45) is 10.9 Å². The van der Waals surface area contributed by atoms with E-state index >= 15 is 0 Å². The van der Waals surface area contributed by atoms with Crippen LogP contribution in [0, 0.1) is 5.92 Å². The minimum absolute atomic E-state index is 0.0627. The van der Waals surface area contributed by atoms with Crippen LogP contribution in [-0.4, -0.2) is 21.8 Å². The maximum atomic E-state index is 11.0. The largest absolute Gasteiger partial charge is 0.478 e. The Morgan fingerprint density at radius 2 is 1.73 bits per heavy atom. The van der Waals surface area contributed by atoms with E-state index in [4.69, 9.17) is 5.11 Å². The number of allylic oxidation sites excluding steroid dienone is 1. The molecule has 0 saturated heterocycles. The molecule has 0 bridgehead atoms. The van der Waals surface area contributed by atoms with Crippen LogP contribution in [0.4, 0.5) is 0 Å². The van der Waals surface area contributed by atoms with Crippen LogP contribution in [0.3, 0.4) is 0 Å². The van der Waals surface area contributed by atoms with Crippen molar-refractivity contribution in [1.82, 2.24) is 4.98 Å². The SMILES string of the molecule is CC(=N/C(=C(\C)C(=O)O)C(C)C)c1cccnc1.CCc1cccc2ccccc12. The fraction of sp³-hybridized carbons (Fsp3) is 0.269. The molecule has 0 fully saturated rings. The number of carboxylic acid groups (broad SMARTS) is 1. The number of pyridine rings is 1. The van der Waals surface area contributed by atoms with Crippen LogP contribution in [0.5, 0.6) is 0 Å². The molecule has 1 aromatic heterocycles. The van der Waals surface area contributed by atoms with Gasteiger partial charge in [-0.15, -0.1) is 0 Å². The Kier molecular flexibility index (Phi) is 8.48. The summed E-state index contributed by atoms with van der Waals surface area (Å²) in [5, 5.41) is 11.8. The Hall–Kier alpha value is -3.27. The first-order valence-electron chi connectivity index (χ1n) is 10.2. The third kappa shape index (κ3) is 6.11. The molecule has 1 heterocycles. The molecule has 0 unspecified atom stereocenters. The molecule has 30 heavy (non-hydrogen) atoms. The van der Waals surface area contributed by atoms with E-state index in [1.54, 1.807) is 19.3 Å². The number of carboxylic acids is 1. The predicted octanol–water partition coefficient (Wildman–Crippen LogP) is 6.31. The first-order valence-corrected chi connectivity index (χ1v) is 10.2. The number of aryl methyl sites for hydroxylation is 1. The third-order valence-electron chi connectivity index (χ3n) is 4.88. The van der Waals surface area contributed by atoms with Crippen LogP contribution in [0.15, 0.2) is 83.3 Å². The van der Waals surface area contributed by atoms with E-state index in [9.17, 15) is 4.79 Å². The Morgan fingerprint density at radius 3 is 2.33 bits per heavy atom. The lowest BCUT2D eigenvalue weighted by atomic mass is 10.0. The second-order valence-electron chi connectivity index (χ2n) is 7.40. The van der Waals surface area contributed by atoms with Gasteiger partial charge in [-0.3, -0.25) is 9.98 Å². The molecule has 0 aliphatic carbocycles. The lowest BCUT2D eigenvalue weighted by Crippen LogP contribution is -2.07. The number of hydrogen-bond acceptors (Lipinski definition) is 3. The third-order valence-corrected chi connectivity index (χ3v) is 4.88. The Bertz CT molecular complexity index is 1050. The van der Waals surface area contributed by atoms with E-state index in [1.165, 1.54) is 16.3 Å². The molecule has 0 saturated carbocycles. The topological polar surface area (TPSA) is 62.5 Å². The zero-order valence-corrected chi connectivity index (χ0v) is 18.4. The second kappa shape index (κ2) is 11.1. The summed E-state index contributed by atoms with van der Waals surface area (Å²) >= 11 is 0. The molecule has 4 heteroatoms. The van der Waals surface area contributed by atoms with Crippen molar-refractivity contribution < 1.29 is 9.90 Å². The van der Waals surface area contributed by atoms with Gasteiger partial charge in [-0.2, -0.15) is 0 Å². The highest BCUT2D eigenvalue weighted by Gasteiger charge is 2.13. The van der Waals surface area contributed by atoms with Gasteiger partial charge < -0.3 is 5.11 Å². The summed E-state index contributed by atoms with van der Waals surface area (Å²) in [6, 6.07) is 18.8. The maximum absolute atomic E-state index is 11.0. The van der Waals surface area contributed by atoms with Gasteiger partial charge in [0.05, 0.1) is 11.3 Å². The average Bonchev–Trinajstić information content (AvgIpc) is 2.77. The normalized spacial score (nSPS) is 12.3. The summed E-state index contributed by atoms with van der Waals surface area (Å²) in [6.45, 7) is 9.50. The van der Waals surface area contributed by atoms with E-state index in [0.29, 0.717) is 5.70 Å². The number of aliphatic imine (C=N–C) groups is 1.